The van der Waals surface area contributed by atoms with Crippen molar-refractivity contribution in [3.63, 3.8) is 0 Å². The number of nitrogens with zero attached hydrogens (tertiary/aromatic N) is 1. The molecular formula is C15H13NO5. The van der Waals surface area contributed by atoms with Gasteiger partial charge in [0.05, 0.1) is 17.6 Å². The second-order valence-corrected chi connectivity index (χ2v) is 4.30. The maximum Gasteiger partial charge on any atom is 0.343 e. The van der Waals surface area contributed by atoms with Crippen molar-refractivity contribution in [1.29, 1.82) is 0 Å². The van der Waals surface area contributed by atoms with Crippen molar-refractivity contribution in [2.75, 3.05) is 7.11 Å². The Morgan fingerprint density at radius 2 is 1.86 bits per heavy atom. The first-order valence-corrected chi connectivity index (χ1v) is 6.13. The number of ether oxygens (including phenoxy) is 2. The summed E-state index contributed by atoms with van der Waals surface area (Å²) < 4.78 is 10.1. The highest BCUT2D eigenvalue weighted by Crippen LogP contribution is 2.28. The molecule has 6 nitrogen and oxygen atoms in total. The van der Waals surface area contributed by atoms with Gasteiger partial charge in [0.25, 0.3) is 0 Å². The lowest BCUT2D eigenvalue weighted by Crippen LogP contribution is -2.10. The number of methoxy groups -OCH3 is 1. The van der Waals surface area contributed by atoms with Crippen LogP contribution in [0.15, 0.2) is 42.5 Å². The molecule has 2 aromatic carbocycles. The van der Waals surface area contributed by atoms with E-state index in [1.165, 1.54) is 19.2 Å². The Balaban J connectivity index is 2.30. The van der Waals surface area contributed by atoms with Crippen molar-refractivity contribution >= 4 is 11.7 Å². The molecule has 108 valence electrons. The van der Waals surface area contributed by atoms with Crippen LogP contribution in [0.3, 0.4) is 0 Å². The molecule has 0 aliphatic carbocycles. The lowest BCUT2D eigenvalue weighted by molar-refractivity contribution is -0.385. The molecule has 0 heterocycles. The molecule has 0 aromatic heterocycles. The molecule has 0 aliphatic heterocycles. The summed E-state index contributed by atoms with van der Waals surface area (Å²) in [5.41, 5.74) is 0.608. The van der Waals surface area contributed by atoms with E-state index in [2.05, 4.69) is 0 Å². The maximum absolute atomic E-state index is 12.1. The number of nitro benzene ring substituents is 1. The molecule has 0 bridgehead atoms. The third-order valence-electron chi connectivity index (χ3n) is 2.91. The third kappa shape index (κ3) is 3.17. The van der Waals surface area contributed by atoms with E-state index in [9.17, 15) is 14.9 Å². The van der Waals surface area contributed by atoms with Crippen LogP contribution in [-0.4, -0.2) is 18.0 Å². The molecule has 0 saturated heterocycles. The first kappa shape index (κ1) is 14.5. The SMILES string of the molecule is COc1ccc(C(=O)Oc2ccccc2C)cc1[N+](=O)[O-]. The highest BCUT2D eigenvalue weighted by Gasteiger charge is 2.19. The smallest absolute Gasteiger partial charge is 0.343 e. The van der Waals surface area contributed by atoms with Gasteiger partial charge in [-0.3, -0.25) is 10.1 Å². The van der Waals surface area contributed by atoms with E-state index >= 15 is 0 Å². The molecule has 0 unspecified atom stereocenters. The van der Waals surface area contributed by atoms with Gasteiger partial charge >= 0.3 is 11.7 Å². The van der Waals surface area contributed by atoms with Gasteiger partial charge in [0.1, 0.15) is 5.75 Å². The largest absolute Gasteiger partial charge is 0.490 e. The van der Waals surface area contributed by atoms with Crippen molar-refractivity contribution in [2.45, 2.75) is 6.92 Å². The molecule has 0 spiro atoms. The fourth-order valence-electron chi connectivity index (χ4n) is 1.79. The number of rotatable bonds is 4. The minimum Gasteiger partial charge on any atom is -0.490 e. The summed E-state index contributed by atoms with van der Waals surface area (Å²) in [6.45, 7) is 1.80. The van der Waals surface area contributed by atoms with Gasteiger partial charge in [-0.05, 0) is 30.7 Å². The van der Waals surface area contributed by atoms with Crippen molar-refractivity contribution < 1.29 is 19.2 Å². The molecule has 0 atom stereocenters. The molecule has 0 N–H and O–H groups in total. The zero-order chi connectivity index (χ0) is 15.4. The van der Waals surface area contributed by atoms with Crippen molar-refractivity contribution in [3.05, 3.63) is 63.7 Å². The Kier molecular flexibility index (Phi) is 4.18. The fourth-order valence-corrected chi connectivity index (χ4v) is 1.79. The van der Waals surface area contributed by atoms with Crippen LogP contribution in [0.5, 0.6) is 11.5 Å². The van der Waals surface area contributed by atoms with E-state index in [0.717, 1.165) is 11.6 Å². The van der Waals surface area contributed by atoms with Crippen LogP contribution in [0.4, 0.5) is 5.69 Å². The molecule has 21 heavy (non-hydrogen) atoms. The zero-order valence-electron chi connectivity index (χ0n) is 11.5. The van der Waals surface area contributed by atoms with Crippen LogP contribution in [0.25, 0.3) is 0 Å². The topological polar surface area (TPSA) is 78.7 Å². The van der Waals surface area contributed by atoms with Crippen molar-refractivity contribution in [3.8, 4) is 11.5 Å². The van der Waals surface area contributed by atoms with E-state index in [1.807, 2.05) is 6.07 Å². The van der Waals surface area contributed by atoms with E-state index in [-0.39, 0.29) is 17.0 Å². The van der Waals surface area contributed by atoms with Gasteiger partial charge < -0.3 is 9.47 Å². The van der Waals surface area contributed by atoms with Gasteiger partial charge in [0.15, 0.2) is 5.75 Å². The quantitative estimate of drug-likeness (QED) is 0.373. The first-order valence-electron chi connectivity index (χ1n) is 6.13. The summed E-state index contributed by atoms with van der Waals surface area (Å²) >= 11 is 0. The van der Waals surface area contributed by atoms with E-state index < -0.39 is 10.9 Å². The Morgan fingerprint density at radius 1 is 1.14 bits per heavy atom. The number of carbonyl (C=O) groups is 1. The predicted molar refractivity (Wildman–Crippen MR) is 75.8 cm³/mol. The normalized spacial score (nSPS) is 10.0. The van der Waals surface area contributed by atoms with E-state index in [4.69, 9.17) is 9.47 Å². The molecule has 0 fully saturated rings. The average molecular weight is 287 g/mol. The Labute approximate surface area is 121 Å². The fraction of sp³-hybridized carbons (Fsp3) is 0.133. The standard InChI is InChI=1S/C15H13NO5/c1-10-5-3-4-6-13(10)21-15(17)11-7-8-14(20-2)12(9-11)16(18)19/h3-9H,1-2H3. The highest BCUT2D eigenvalue weighted by atomic mass is 16.6. The second kappa shape index (κ2) is 6.04. The number of aryl methyl sites for hydroxylation is 1. The van der Waals surface area contributed by atoms with Gasteiger partial charge in [-0.2, -0.15) is 0 Å². The zero-order valence-corrected chi connectivity index (χ0v) is 11.5. The Hall–Kier alpha value is -2.89. The summed E-state index contributed by atoms with van der Waals surface area (Å²) in [6, 6.07) is 11.0. The average Bonchev–Trinajstić information content (AvgIpc) is 2.48. The van der Waals surface area contributed by atoms with Gasteiger partial charge in [-0.25, -0.2) is 4.79 Å². The number of hydrogen-bond donors (Lipinski definition) is 0. The number of hydrogen-bond acceptors (Lipinski definition) is 5. The van der Waals surface area contributed by atoms with Crippen LogP contribution in [0.2, 0.25) is 0 Å². The van der Waals surface area contributed by atoms with E-state index in [0.29, 0.717) is 5.75 Å². The summed E-state index contributed by atoms with van der Waals surface area (Å²) in [4.78, 5) is 22.4. The monoisotopic (exact) mass is 287 g/mol. The lowest BCUT2D eigenvalue weighted by atomic mass is 10.2. The number of para-hydroxylation sites is 1. The molecule has 0 saturated carbocycles. The van der Waals surface area contributed by atoms with Crippen LogP contribution < -0.4 is 9.47 Å². The van der Waals surface area contributed by atoms with Crippen LogP contribution in [0.1, 0.15) is 15.9 Å². The number of nitro groups is 1. The molecular weight excluding hydrogens is 274 g/mol. The Bertz CT molecular complexity index is 696. The molecule has 0 aliphatic rings. The van der Waals surface area contributed by atoms with Gasteiger partial charge in [-0.1, -0.05) is 18.2 Å². The minimum absolute atomic E-state index is 0.0887. The van der Waals surface area contributed by atoms with Crippen LogP contribution in [0, 0.1) is 17.0 Å². The van der Waals surface area contributed by atoms with Crippen molar-refractivity contribution in [2.24, 2.45) is 0 Å². The summed E-state index contributed by atoms with van der Waals surface area (Å²) in [7, 11) is 1.33. The molecule has 2 rings (SSSR count). The van der Waals surface area contributed by atoms with E-state index in [1.54, 1.807) is 25.1 Å². The molecule has 6 heteroatoms. The van der Waals surface area contributed by atoms with Gasteiger partial charge in [-0.15, -0.1) is 0 Å². The van der Waals surface area contributed by atoms with Crippen LogP contribution in [-0.2, 0) is 0 Å². The number of esters is 1. The maximum atomic E-state index is 12.1. The summed E-state index contributed by atoms with van der Waals surface area (Å²) in [5, 5.41) is 10.9. The molecule has 2 aromatic rings. The van der Waals surface area contributed by atoms with Gasteiger partial charge in [0.2, 0.25) is 0 Å². The number of benzene rings is 2. The third-order valence-corrected chi connectivity index (χ3v) is 2.91. The summed E-state index contributed by atoms with van der Waals surface area (Å²) in [6.07, 6.45) is 0. The minimum atomic E-state index is -0.657. The molecule has 0 radical (unpaired) electrons. The van der Waals surface area contributed by atoms with Crippen molar-refractivity contribution in [1.82, 2.24) is 0 Å². The highest BCUT2D eigenvalue weighted by molar-refractivity contribution is 5.92. The second-order valence-electron chi connectivity index (χ2n) is 4.30. The molecule has 0 amide bonds. The lowest BCUT2D eigenvalue weighted by Gasteiger charge is -2.08. The first-order chi connectivity index (χ1) is 10.0. The Morgan fingerprint density at radius 3 is 2.48 bits per heavy atom. The van der Waals surface area contributed by atoms with Crippen LogP contribution >= 0.6 is 0 Å². The predicted octanol–water partition coefficient (Wildman–Crippen LogP) is 3.13. The summed E-state index contributed by atoms with van der Waals surface area (Å²) in [5.74, 6) is -0.150. The number of carbonyl (C=O) groups excluding carboxylic acids is 1. The van der Waals surface area contributed by atoms with Gasteiger partial charge in [0, 0.05) is 6.07 Å².